The lowest BCUT2D eigenvalue weighted by molar-refractivity contribution is -0.151. The molecular formula is C17H32N2O2. The van der Waals surface area contributed by atoms with Crippen LogP contribution in [0.4, 0.5) is 0 Å². The van der Waals surface area contributed by atoms with Crippen LogP contribution in [0.3, 0.4) is 0 Å². The van der Waals surface area contributed by atoms with Crippen molar-refractivity contribution in [2.24, 2.45) is 5.92 Å². The van der Waals surface area contributed by atoms with E-state index in [1.165, 1.54) is 12.8 Å². The molecule has 2 rings (SSSR count). The molecule has 0 aromatic carbocycles. The Balaban J connectivity index is 2.04. The van der Waals surface area contributed by atoms with Gasteiger partial charge in [-0.05, 0) is 51.5 Å². The van der Waals surface area contributed by atoms with Crippen LogP contribution in [0.15, 0.2) is 0 Å². The van der Waals surface area contributed by atoms with E-state index in [0.717, 1.165) is 32.4 Å². The van der Waals surface area contributed by atoms with Crippen molar-refractivity contribution >= 4 is 5.97 Å². The van der Waals surface area contributed by atoms with E-state index in [0.29, 0.717) is 24.6 Å². The van der Waals surface area contributed by atoms with E-state index >= 15 is 0 Å². The van der Waals surface area contributed by atoms with Crippen molar-refractivity contribution in [3.8, 4) is 0 Å². The minimum Gasteiger partial charge on any atom is -0.465 e. The first-order valence-corrected chi connectivity index (χ1v) is 8.69. The van der Waals surface area contributed by atoms with Crippen LogP contribution < -0.4 is 5.32 Å². The average Bonchev–Trinajstić information content (AvgIpc) is 3.13. The fraction of sp³-hybridized carbons (Fsp3) is 0.941. The molecule has 0 aliphatic heterocycles. The van der Waals surface area contributed by atoms with E-state index in [1.54, 1.807) is 0 Å². The van der Waals surface area contributed by atoms with Gasteiger partial charge in [0.15, 0.2) is 0 Å². The summed E-state index contributed by atoms with van der Waals surface area (Å²) in [6.07, 6.45) is 5.33. The molecule has 0 aromatic rings. The van der Waals surface area contributed by atoms with Crippen molar-refractivity contribution in [3.05, 3.63) is 0 Å². The van der Waals surface area contributed by atoms with Crippen molar-refractivity contribution in [3.63, 3.8) is 0 Å². The van der Waals surface area contributed by atoms with Crippen molar-refractivity contribution in [2.45, 2.75) is 77.4 Å². The zero-order valence-electron chi connectivity index (χ0n) is 14.2. The fourth-order valence-electron chi connectivity index (χ4n) is 3.60. The number of esters is 1. The van der Waals surface area contributed by atoms with Gasteiger partial charge < -0.3 is 9.64 Å². The standard InChI is InChI=1S/C17H32N2O2/c1-5-19(12-13(3)4)15-9-10-17(11-15,16(20)21-6-2)18-14-7-8-14/h13-15,18H,5-12H2,1-4H3. The van der Waals surface area contributed by atoms with E-state index < -0.39 is 5.54 Å². The van der Waals surface area contributed by atoms with E-state index in [4.69, 9.17) is 4.74 Å². The summed E-state index contributed by atoms with van der Waals surface area (Å²) in [5.74, 6) is 0.638. The number of hydrogen-bond acceptors (Lipinski definition) is 4. The summed E-state index contributed by atoms with van der Waals surface area (Å²) in [7, 11) is 0. The Kier molecular flexibility index (Phi) is 5.67. The molecule has 4 heteroatoms. The molecule has 0 bridgehead atoms. The van der Waals surface area contributed by atoms with Crippen LogP contribution in [0.25, 0.3) is 0 Å². The molecule has 2 aliphatic carbocycles. The van der Waals surface area contributed by atoms with Crippen LogP contribution in [0.2, 0.25) is 0 Å². The van der Waals surface area contributed by atoms with Gasteiger partial charge in [-0.1, -0.05) is 20.8 Å². The number of carbonyl (C=O) groups is 1. The highest BCUT2D eigenvalue weighted by Gasteiger charge is 2.49. The molecule has 0 amide bonds. The maximum absolute atomic E-state index is 12.5. The molecule has 2 aliphatic rings. The number of ether oxygens (including phenoxy) is 1. The SMILES string of the molecule is CCOC(=O)C1(NC2CC2)CCC(N(CC)CC(C)C)C1. The van der Waals surface area contributed by atoms with Gasteiger partial charge in [-0.25, -0.2) is 0 Å². The lowest BCUT2D eigenvalue weighted by atomic mass is 9.96. The lowest BCUT2D eigenvalue weighted by Gasteiger charge is -2.32. The topological polar surface area (TPSA) is 41.6 Å². The zero-order chi connectivity index (χ0) is 15.5. The summed E-state index contributed by atoms with van der Waals surface area (Å²) >= 11 is 0. The second-order valence-corrected chi connectivity index (χ2v) is 7.10. The minimum atomic E-state index is -0.424. The van der Waals surface area contributed by atoms with E-state index in [2.05, 4.69) is 31.0 Å². The number of rotatable bonds is 8. The predicted molar refractivity (Wildman–Crippen MR) is 85.2 cm³/mol. The van der Waals surface area contributed by atoms with Gasteiger partial charge in [-0.3, -0.25) is 10.1 Å². The first kappa shape index (κ1) is 16.8. The van der Waals surface area contributed by atoms with Gasteiger partial charge in [0, 0.05) is 18.6 Å². The van der Waals surface area contributed by atoms with Crippen LogP contribution >= 0.6 is 0 Å². The largest absolute Gasteiger partial charge is 0.465 e. The predicted octanol–water partition coefficient (Wildman–Crippen LogP) is 2.57. The monoisotopic (exact) mass is 296 g/mol. The third kappa shape index (κ3) is 4.19. The fourth-order valence-corrected chi connectivity index (χ4v) is 3.60. The molecule has 0 radical (unpaired) electrons. The smallest absolute Gasteiger partial charge is 0.326 e. The third-order valence-corrected chi connectivity index (χ3v) is 4.73. The van der Waals surface area contributed by atoms with Gasteiger partial charge >= 0.3 is 5.97 Å². The molecule has 0 aromatic heterocycles. The first-order valence-electron chi connectivity index (χ1n) is 8.69. The molecule has 1 N–H and O–H groups in total. The highest BCUT2D eigenvalue weighted by Crippen LogP contribution is 2.37. The van der Waals surface area contributed by atoms with Crippen molar-refractivity contribution in [2.75, 3.05) is 19.7 Å². The summed E-state index contributed by atoms with van der Waals surface area (Å²) in [5.41, 5.74) is -0.424. The normalized spacial score (nSPS) is 29.3. The molecule has 0 saturated heterocycles. The molecule has 2 saturated carbocycles. The molecule has 0 heterocycles. The Morgan fingerprint density at radius 3 is 2.57 bits per heavy atom. The molecule has 2 atom stereocenters. The van der Waals surface area contributed by atoms with Crippen LogP contribution in [0.1, 0.15) is 59.8 Å². The highest BCUT2D eigenvalue weighted by molar-refractivity contribution is 5.81. The number of carbonyl (C=O) groups excluding carboxylic acids is 1. The van der Waals surface area contributed by atoms with E-state index in [9.17, 15) is 4.79 Å². The second kappa shape index (κ2) is 7.10. The van der Waals surface area contributed by atoms with Gasteiger partial charge in [0.1, 0.15) is 5.54 Å². The molecule has 4 nitrogen and oxygen atoms in total. The molecule has 122 valence electrons. The van der Waals surface area contributed by atoms with Crippen molar-refractivity contribution in [1.82, 2.24) is 10.2 Å². The minimum absolute atomic E-state index is 0.0278. The van der Waals surface area contributed by atoms with Gasteiger partial charge in [-0.15, -0.1) is 0 Å². The van der Waals surface area contributed by atoms with Crippen molar-refractivity contribution in [1.29, 1.82) is 0 Å². The second-order valence-electron chi connectivity index (χ2n) is 7.10. The lowest BCUT2D eigenvalue weighted by Crippen LogP contribution is -2.53. The Labute approximate surface area is 129 Å². The van der Waals surface area contributed by atoms with E-state index in [-0.39, 0.29) is 5.97 Å². The zero-order valence-corrected chi connectivity index (χ0v) is 14.2. The van der Waals surface area contributed by atoms with Crippen LogP contribution in [0.5, 0.6) is 0 Å². The number of nitrogens with zero attached hydrogens (tertiary/aromatic N) is 1. The molecule has 2 unspecified atom stereocenters. The highest BCUT2D eigenvalue weighted by atomic mass is 16.5. The summed E-state index contributed by atoms with van der Waals surface area (Å²) in [4.78, 5) is 15.0. The maximum Gasteiger partial charge on any atom is 0.326 e. The Morgan fingerprint density at radius 2 is 2.05 bits per heavy atom. The summed E-state index contributed by atoms with van der Waals surface area (Å²) < 4.78 is 5.38. The summed E-state index contributed by atoms with van der Waals surface area (Å²) in [6, 6.07) is 1.04. The Hall–Kier alpha value is -0.610. The van der Waals surface area contributed by atoms with Gasteiger partial charge in [0.25, 0.3) is 0 Å². The Morgan fingerprint density at radius 1 is 1.33 bits per heavy atom. The average molecular weight is 296 g/mol. The molecule has 21 heavy (non-hydrogen) atoms. The van der Waals surface area contributed by atoms with Gasteiger partial charge in [-0.2, -0.15) is 0 Å². The maximum atomic E-state index is 12.5. The quantitative estimate of drug-likeness (QED) is 0.699. The summed E-state index contributed by atoms with van der Waals surface area (Å²) in [6.45, 7) is 11.3. The molecule has 0 spiro atoms. The summed E-state index contributed by atoms with van der Waals surface area (Å²) in [5, 5.41) is 3.61. The van der Waals surface area contributed by atoms with Gasteiger partial charge in [0.2, 0.25) is 0 Å². The van der Waals surface area contributed by atoms with Gasteiger partial charge in [0.05, 0.1) is 6.61 Å². The van der Waals surface area contributed by atoms with Crippen LogP contribution in [0, 0.1) is 5.92 Å². The number of hydrogen-bond donors (Lipinski definition) is 1. The van der Waals surface area contributed by atoms with E-state index in [1.807, 2.05) is 6.92 Å². The van der Waals surface area contributed by atoms with Crippen LogP contribution in [-0.4, -0.2) is 48.2 Å². The number of nitrogens with one attached hydrogen (secondary N) is 1. The first-order chi connectivity index (χ1) is 10.0. The van der Waals surface area contributed by atoms with Crippen molar-refractivity contribution < 1.29 is 9.53 Å². The molecule has 2 fully saturated rings. The molecular weight excluding hydrogens is 264 g/mol. The van der Waals surface area contributed by atoms with Crippen LogP contribution in [-0.2, 0) is 9.53 Å². The third-order valence-electron chi connectivity index (χ3n) is 4.73. The Bertz CT molecular complexity index is 355.